The molecule has 0 saturated carbocycles. The lowest BCUT2D eigenvalue weighted by molar-refractivity contribution is -0.138. The Kier molecular flexibility index (Phi) is 8.37. The Bertz CT molecular complexity index is 1140. The molecule has 10 heteroatoms. The molecule has 0 radical (unpaired) electrons. The third-order valence-electron chi connectivity index (χ3n) is 5.00. The number of hydrogen-bond donors (Lipinski definition) is 0. The van der Waals surface area contributed by atoms with Crippen LogP contribution in [-0.4, -0.2) is 33.9 Å². The Balaban J connectivity index is 1.69. The second-order valence-electron chi connectivity index (χ2n) is 8.13. The van der Waals surface area contributed by atoms with E-state index in [0.717, 1.165) is 23.5 Å². The lowest BCUT2D eigenvalue weighted by Crippen LogP contribution is -2.07. The summed E-state index contributed by atoms with van der Waals surface area (Å²) >= 11 is 0. The molecule has 188 valence electrons. The summed E-state index contributed by atoms with van der Waals surface area (Å²) < 4.78 is 56.6. The van der Waals surface area contributed by atoms with Gasteiger partial charge in [0.25, 0.3) is 0 Å². The number of alkyl halides is 3. The predicted octanol–water partition coefficient (Wildman–Crippen LogP) is 5.75. The lowest BCUT2D eigenvalue weighted by atomic mass is 10.0. The van der Waals surface area contributed by atoms with Crippen LogP contribution in [0.1, 0.15) is 56.9 Å². The monoisotopic (exact) mass is 491 g/mol. The van der Waals surface area contributed by atoms with Crippen molar-refractivity contribution in [3.05, 3.63) is 59.5 Å². The quantitative estimate of drug-likeness (QED) is 0.204. The molecule has 2 aromatic heterocycles. The van der Waals surface area contributed by atoms with Crippen LogP contribution in [0.3, 0.4) is 0 Å². The number of aromatic nitrogens is 3. The molecule has 3 rings (SSSR count). The van der Waals surface area contributed by atoms with Gasteiger partial charge in [0.15, 0.2) is 17.3 Å². The number of hydrogen-bond acceptors (Lipinski definition) is 6. The van der Waals surface area contributed by atoms with Crippen molar-refractivity contribution in [2.24, 2.45) is 0 Å². The third kappa shape index (κ3) is 6.97. The van der Waals surface area contributed by atoms with Gasteiger partial charge in [0, 0.05) is 25.4 Å². The fraction of sp³-hybridized carbons (Fsp3) is 0.400. The maximum atomic E-state index is 12.8. The van der Waals surface area contributed by atoms with Crippen molar-refractivity contribution in [1.29, 1.82) is 0 Å². The second-order valence-corrected chi connectivity index (χ2v) is 8.13. The Morgan fingerprint density at radius 1 is 1.11 bits per heavy atom. The molecule has 0 spiro atoms. The fourth-order valence-corrected chi connectivity index (χ4v) is 3.46. The van der Waals surface area contributed by atoms with Gasteiger partial charge in [0.2, 0.25) is 0 Å². The first-order valence-corrected chi connectivity index (χ1v) is 11.3. The zero-order valence-electron chi connectivity index (χ0n) is 20.1. The van der Waals surface area contributed by atoms with E-state index in [-0.39, 0.29) is 5.92 Å². The fourth-order valence-electron chi connectivity index (χ4n) is 3.46. The number of pyridine rings is 1. The molecule has 7 nitrogen and oxygen atoms in total. The largest absolute Gasteiger partial charge is 0.490 e. The Morgan fingerprint density at radius 2 is 1.89 bits per heavy atom. The number of carbonyl (C=O) groups is 1. The van der Waals surface area contributed by atoms with E-state index < -0.39 is 17.7 Å². The summed E-state index contributed by atoms with van der Waals surface area (Å²) in [6, 6.07) is 7.23. The van der Waals surface area contributed by atoms with Gasteiger partial charge in [-0.2, -0.15) is 18.3 Å². The van der Waals surface area contributed by atoms with Gasteiger partial charge in [-0.05, 0) is 55.5 Å². The summed E-state index contributed by atoms with van der Waals surface area (Å²) in [5.74, 6) is 1.38. The summed E-state index contributed by atoms with van der Waals surface area (Å²) in [7, 11) is 0. The van der Waals surface area contributed by atoms with E-state index in [9.17, 15) is 18.0 Å². The highest BCUT2D eigenvalue weighted by Crippen LogP contribution is 2.32. The van der Waals surface area contributed by atoms with E-state index in [0.29, 0.717) is 49.1 Å². The number of ether oxygens (including phenoxy) is 3. The molecule has 1 aromatic carbocycles. The molecule has 0 amide bonds. The van der Waals surface area contributed by atoms with Crippen molar-refractivity contribution in [1.82, 2.24) is 14.8 Å². The number of benzene rings is 1. The molecular formula is C25H28F3N3O4. The molecule has 0 saturated heterocycles. The van der Waals surface area contributed by atoms with Gasteiger partial charge in [0.05, 0.1) is 24.5 Å². The zero-order valence-corrected chi connectivity index (χ0v) is 20.1. The van der Waals surface area contributed by atoms with Crippen molar-refractivity contribution in [3.63, 3.8) is 0 Å². The summed E-state index contributed by atoms with van der Waals surface area (Å²) in [6.45, 7) is 8.01. The minimum Gasteiger partial charge on any atom is -0.490 e. The normalized spacial score (nSPS) is 11.5. The van der Waals surface area contributed by atoms with Crippen LogP contribution >= 0.6 is 0 Å². The van der Waals surface area contributed by atoms with Gasteiger partial charge in [0.1, 0.15) is 5.75 Å². The topological polar surface area (TPSA) is 75.5 Å². The molecule has 3 aromatic rings. The van der Waals surface area contributed by atoms with E-state index >= 15 is 0 Å². The number of carbonyl (C=O) groups excluding carboxylic acids is 1. The Morgan fingerprint density at radius 3 is 2.49 bits per heavy atom. The van der Waals surface area contributed by atoms with Gasteiger partial charge in [-0.3, -0.25) is 4.79 Å². The SMILES string of the molecule is CCOc1ccc(OC(C)=O)cc1OCCCc1cn(-c2ccc(C(F)(F)F)cn2)nc1C(C)C. The highest BCUT2D eigenvalue weighted by Gasteiger charge is 2.30. The van der Waals surface area contributed by atoms with E-state index in [2.05, 4.69) is 10.1 Å². The summed E-state index contributed by atoms with van der Waals surface area (Å²) in [5.41, 5.74) is 1.00. The molecule has 0 unspecified atom stereocenters. The van der Waals surface area contributed by atoms with Gasteiger partial charge >= 0.3 is 12.1 Å². The van der Waals surface area contributed by atoms with Gasteiger partial charge in [-0.15, -0.1) is 0 Å². The molecule has 0 atom stereocenters. The van der Waals surface area contributed by atoms with Crippen LogP contribution in [0.2, 0.25) is 0 Å². The summed E-state index contributed by atoms with van der Waals surface area (Å²) in [4.78, 5) is 15.2. The van der Waals surface area contributed by atoms with Crippen LogP contribution in [0.25, 0.3) is 5.82 Å². The smallest absolute Gasteiger partial charge is 0.417 e. The highest BCUT2D eigenvalue weighted by molar-refractivity contribution is 5.69. The van der Waals surface area contributed by atoms with Crippen molar-refractivity contribution in [2.45, 2.75) is 52.6 Å². The zero-order chi connectivity index (χ0) is 25.6. The molecule has 0 bridgehead atoms. The first-order chi connectivity index (χ1) is 16.6. The molecule has 0 aliphatic rings. The number of aryl methyl sites for hydroxylation is 1. The third-order valence-corrected chi connectivity index (χ3v) is 5.00. The van der Waals surface area contributed by atoms with Crippen LogP contribution in [0.4, 0.5) is 13.2 Å². The van der Waals surface area contributed by atoms with Crippen LogP contribution in [-0.2, 0) is 17.4 Å². The van der Waals surface area contributed by atoms with Crippen LogP contribution in [0, 0.1) is 0 Å². The summed E-state index contributed by atoms with van der Waals surface area (Å²) in [5, 5.41) is 4.55. The lowest BCUT2D eigenvalue weighted by Gasteiger charge is -2.13. The molecule has 0 aliphatic heterocycles. The van der Waals surface area contributed by atoms with Gasteiger partial charge in [-0.1, -0.05) is 13.8 Å². The van der Waals surface area contributed by atoms with E-state index in [4.69, 9.17) is 14.2 Å². The minimum atomic E-state index is -4.44. The average molecular weight is 492 g/mol. The maximum absolute atomic E-state index is 12.8. The van der Waals surface area contributed by atoms with Crippen molar-refractivity contribution in [2.75, 3.05) is 13.2 Å². The highest BCUT2D eigenvalue weighted by atomic mass is 19.4. The van der Waals surface area contributed by atoms with E-state index in [1.807, 2.05) is 20.8 Å². The predicted molar refractivity (Wildman–Crippen MR) is 123 cm³/mol. The molecule has 2 heterocycles. The average Bonchev–Trinajstić information content (AvgIpc) is 3.22. The van der Waals surface area contributed by atoms with Crippen molar-refractivity contribution >= 4 is 5.97 Å². The van der Waals surface area contributed by atoms with Gasteiger partial charge in [-0.25, -0.2) is 9.67 Å². The number of nitrogens with zero attached hydrogens (tertiary/aromatic N) is 3. The molecular weight excluding hydrogens is 463 g/mol. The van der Waals surface area contributed by atoms with Crippen molar-refractivity contribution in [3.8, 4) is 23.1 Å². The standard InChI is InChI=1S/C25H28F3N3O4/c1-5-33-21-10-9-20(35-17(4)32)13-22(21)34-12-6-7-18-15-31(30-24(18)16(2)3)23-11-8-19(14-29-23)25(26,27)28/h8-11,13-16H,5-7,12H2,1-4H3. The first-order valence-electron chi connectivity index (χ1n) is 11.3. The molecule has 0 N–H and O–H groups in total. The Hall–Kier alpha value is -3.56. The molecule has 0 aliphatic carbocycles. The first kappa shape index (κ1) is 26.1. The number of rotatable bonds is 10. The van der Waals surface area contributed by atoms with E-state index in [1.165, 1.54) is 17.7 Å². The molecule has 35 heavy (non-hydrogen) atoms. The summed E-state index contributed by atoms with van der Waals surface area (Å²) in [6.07, 6.45) is -0.558. The second kappa shape index (κ2) is 11.2. The van der Waals surface area contributed by atoms with Crippen LogP contribution < -0.4 is 14.2 Å². The van der Waals surface area contributed by atoms with Gasteiger partial charge < -0.3 is 14.2 Å². The van der Waals surface area contributed by atoms with Crippen molar-refractivity contribution < 1.29 is 32.2 Å². The Labute approximate surface area is 201 Å². The number of esters is 1. The minimum absolute atomic E-state index is 0.117. The number of halogens is 3. The van der Waals surface area contributed by atoms with E-state index in [1.54, 1.807) is 24.4 Å². The molecule has 0 fully saturated rings. The van der Waals surface area contributed by atoms with Crippen LogP contribution in [0.15, 0.2) is 42.7 Å². The van der Waals surface area contributed by atoms with Crippen LogP contribution in [0.5, 0.6) is 17.2 Å². The maximum Gasteiger partial charge on any atom is 0.417 e.